The van der Waals surface area contributed by atoms with Gasteiger partial charge in [0.2, 0.25) is 0 Å². The number of non-ortho nitro benzene ring substituents is 1. The van der Waals surface area contributed by atoms with Crippen LogP contribution in [0.5, 0.6) is 0 Å². The molecule has 0 saturated heterocycles. The zero-order valence-electron chi connectivity index (χ0n) is 11.1. The van der Waals surface area contributed by atoms with Gasteiger partial charge >= 0.3 is 6.03 Å². The lowest BCUT2D eigenvalue weighted by molar-refractivity contribution is -0.384. The van der Waals surface area contributed by atoms with Crippen molar-refractivity contribution in [1.29, 1.82) is 0 Å². The van der Waals surface area contributed by atoms with Gasteiger partial charge in [0.05, 0.1) is 4.92 Å². The summed E-state index contributed by atoms with van der Waals surface area (Å²) in [4.78, 5) is 21.5. The molecule has 2 aromatic rings. The second-order valence-corrected chi connectivity index (χ2v) is 4.23. The van der Waals surface area contributed by atoms with Crippen LogP contribution in [0.25, 0.3) is 0 Å². The van der Waals surface area contributed by atoms with Crippen LogP contribution >= 0.6 is 0 Å². The molecule has 0 aliphatic carbocycles. The lowest BCUT2D eigenvalue weighted by Gasteiger charge is -2.10. The summed E-state index contributed by atoms with van der Waals surface area (Å²) >= 11 is 0. The largest absolute Gasteiger partial charge is 0.323 e. The van der Waals surface area contributed by atoms with Crippen LogP contribution in [0, 0.1) is 33.4 Å². The Hall–Kier alpha value is -3.17. The second-order valence-electron chi connectivity index (χ2n) is 4.23. The highest BCUT2D eigenvalue weighted by atomic mass is 19.2. The van der Waals surface area contributed by atoms with E-state index < -0.39 is 39.9 Å². The predicted octanol–water partition coefficient (Wildman–Crippen LogP) is 3.80. The molecule has 120 valence electrons. The fourth-order valence-corrected chi connectivity index (χ4v) is 1.65. The number of hydrogen-bond donors (Lipinski definition) is 2. The lowest BCUT2D eigenvalue weighted by Crippen LogP contribution is -2.21. The Balaban J connectivity index is 2.19. The zero-order chi connectivity index (χ0) is 17.1. The van der Waals surface area contributed by atoms with Crippen molar-refractivity contribution in [2.45, 2.75) is 0 Å². The third kappa shape index (κ3) is 3.54. The maximum atomic E-state index is 13.4. The quantitative estimate of drug-likeness (QED) is 0.295. The molecule has 0 aliphatic rings. The number of nitro groups is 1. The fraction of sp³-hybridized carbons (Fsp3) is 0. The molecule has 23 heavy (non-hydrogen) atoms. The van der Waals surface area contributed by atoms with Crippen molar-refractivity contribution in [2.75, 3.05) is 10.6 Å². The van der Waals surface area contributed by atoms with Crippen LogP contribution in [0.15, 0.2) is 30.3 Å². The summed E-state index contributed by atoms with van der Waals surface area (Å²) in [6, 6.07) is 3.59. The Morgan fingerprint density at radius 2 is 1.70 bits per heavy atom. The maximum absolute atomic E-state index is 13.4. The van der Waals surface area contributed by atoms with Crippen LogP contribution in [0.1, 0.15) is 0 Å². The molecule has 0 bridgehead atoms. The second kappa shape index (κ2) is 6.30. The summed E-state index contributed by atoms with van der Waals surface area (Å²) in [5.74, 6) is -7.12. The van der Waals surface area contributed by atoms with Gasteiger partial charge in [-0.1, -0.05) is 6.07 Å². The minimum Gasteiger partial charge on any atom is -0.307 e. The van der Waals surface area contributed by atoms with E-state index in [4.69, 9.17) is 0 Å². The molecule has 0 spiro atoms. The van der Waals surface area contributed by atoms with Gasteiger partial charge in [-0.05, 0) is 6.07 Å². The number of benzene rings is 2. The number of urea groups is 1. The number of rotatable bonds is 3. The van der Waals surface area contributed by atoms with Crippen LogP contribution in [-0.2, 0) is 0 Å². The number of nitro benzene ring substituents is 1. The average molecular weight is 329 g/mol. The van der Waals surface area contributed by atoms with E-state index in [1.165, 1.54) is 12.1 Å². The molecule has 0 heterocycles. The average Bonchev–Trinajstić information content (AvgIpc) is 2.49. The Labute approximate surface area is 125 Å². The van der Waals surface area contributed by atoms with Gasteiger partial charge in [-0.3, -0.25) is 10.1 Å². The highest BCUT2D eigenvalue weighted by Gasteiger charge is 2.20. The molecule has 2 amide bonds. The molecule has 2 aromatic carbocycles. The number of amides is 2. The monoisotopic (exact) mass is 329 g/mol. The number of halogens is 4. The van der Waals surface area contributed by atoms with Crippen LogP contribution < -0.4 is 10.6 Å². The van der Waals surface area contributed by atoms with Gasteiger partial charge in [0, 0.05) is 23.9 Å². The number of hydrogen-bond acceptors (Lipinski definition) is 3. The first-order chi connectivity index (χ1) is 10.8. The number of anilines is 2. The summed E-state index contributed by atoms with van der Waals surface area (Å²) in [6.07, 6.45) is 0. The highest BCUT2D eigenvalue weighted by molar-refractivity contribution is 6.00. The number of nitrogens with zero attached hydrogens (tertiary/aromatic N) is 1. The van der Waals surface area contributed by atoms with Crippen molar-refractivity contribution in [3.05, 3.63) is 63.7 Å². The van der Waals surface area contributed by atoms with E-state index in [9.17, 15) is 32.5 Å². The highest BCUT2D eigenvalue weighted by Crippen LogP contribution is 2.24. The number of carbonyl (C=O) groups excluding carboxylic acids is 1. The first-order valence-corrected chi connectivity index (χ1v) is 5.95. The lowest BCUT2D eigenvalue weighted by atomic mass is 10.2. The standard InChI is InChI=1S/C13H7F4N3O3/c14-8-5-9(15)12(11(17)10(8)16)19-13(21)18-6-2-1-3-7(4-6)20(22)23/h1-5H,(H2,18,19,21). The van der Waals surface area contributed by atoms with Gasteiger partial charge in [0.1, 0.15) is 5.69 Å². The van der Waals surface area contributed by atoms with Crippen molar-refractivity contribution < 1.29 is 27.3 Å². The van der Waals surface area contributed by atoms with Gasteiger partial charge in [-0.15, -0.1) is 0 Å². The van der Waals surface area contributed by atoms with Crippen molar-refractivity contribution in [2.24, 2.45) is 0 Å². The van der Waals surface area contributed by atoms with Gasteiger partial charge in [-0.2, -0.15) is 0 Å². The van der Waals surface area contributed by atoms with E-state index in [1.54, 1.807) is 5.32 Å². The number of nitrogens with one attached hydrogen (secondary N) is 2. The molecule has 0 fully saturated rings. The van der Waals surface area contributed by atoms with Crippen molar-refractivity contribution in [3.8, 4) is 0 Å². The van der Waals surface area contributed by atoms with Gasteiger partial charge in [0.15, 0.2) is 23.3 Å². The normalized spacial score (nSPS) is 10.3. The van der Waals surface area contributed by atoms with Crippen molar-refractivity contribution in [1.82, 2.24) is 0 Å². The Morgan fingerprint density at radius 3 is 2.35 bits per heavy atom. The molecule has 0 atom stereocenters. The van der Waals surface area contributed by atoms with E-state index in [1.807, 2.05) is 0 Å². The molecule has 0 saturated carbocycles. The van der Waals surface area contributed by atoms with Crippen LogP contribution in [-0.4, -0.2) is 11.0 Å². The molecule has 6 nitrogen and oxygen atoms in total. The zero-order valence-corrected chi connectivity index (χ0v) is 11.1. The van der Waals surface area contributed by atoms with E-state index >= 15 is 0 Å². The molecule has 10 heteroatoms. The topological polar surface area (TPSA) is 84.3 Å². The first-order valence-electron chi connectivity index (χ1n) is 5.95. The molecule has 0 aliphatic heterocycles. The van der Waals surface area contributed by atoms with Crippen LogP contribution in [0.3, 0.4) is 0 Å². The molecule has 0 radical (unpaired) electrons. The van der Waals surface area contributed by atoms with Crippen molar-refractivity contribution in [3.63, 3.8) is 0 Å². The van der Waals surface area contributed by atoms with Crippen molar-refractivity contribution >= 4 is 23.1 Å². The van der Waals surface area contributed by atoms with E-state index in [-0.39, 0.29) is 17.4 Å². The van der Waals surface area contributed by atoms with Gasteiger partial charge in [0.25, 0.3) is 5.69 Å². The third-order valence-corrected chi connectivity index (χ3v) is 2.67. The molecular weight excluding hydrogens is 322 g/mol. The van der Waals surface area contributed by atoms with Gasteiger partial charge in [-0.25, -0.2) is 22.4 Å². The minimum absolute atomic E-state index is 0.0416. The van der Waals surface area contributed by atoms with E-state index in [0.29, 0.717) is 0 Å². The Bertz CT molecular complexity index is 798. The maximum Gasteiger partial charge on any atom is 0.323 e. The number of carbonyl (C=O) groups is 1. The third-order valence-electron chi connectivity index (χ3n) is 2.67. The summed E-state index contributed by atoms with van der Waals surface area (Å²) in [7, 11) is 0. The van der Waals surface area contributed by atoms with Crippen LogP contribution in [0.4, 0.5) is 39.4 Å². The molecule has 2 rings (SSSR count). The molecule has 0 aromatic heterocycles. The summed E-state index contributed by atoms with van der Waals surface area (Å²) in [5.41, 5.74) is -1.56. The Morgan fingerprint density at radius 1 is 1.00 bits per heavy atom. The summed E-state index contributed by atoms with van der Waals surface area (Å²) in [6.45, 7) is 0. The predicted molar refractivity (Wildman–Crippen MR) is 72.0 cm³/mol. The van der Waals surface area contributed by atoms with Gasteiger partial charge < -0.3 is 10.6 Å². The molecular formula is C13H7F4N3O3. The molecule has 0 unspecified atom stereocenters. The fourth-order valence-electron chi connectivity index (χ4n) is 1.65. The Kier molecular flexibility index (Phi) is 4.44. The summed E-state index contributed by atoms with van der Waals surface area (Å²) in [5, 5.41) is 14.3. The van der Waals surface area contributed by atoms with Crippen LogP contribution in [0.2, 0.25) is 0 Å². The first kappa shape index (κ1) is 16.2. The molecule has 2 N–H and O–H groups in total. The minimum atomic E-state index is -1.95. The summed E-state index contributed by atoms with van der Waals surface area (Å²) < 4.78 is 52.6. The SMILES string of the molecule is O=C(Nc1cccc([N+](=O)[O-])c1)Nc1c(F)cc(F)c(F)c1F. The van der Waals surface area contributed by atoms with E-state index in [0.717, 1.165) is 12.1 Å². The van der Waals surface area contributed by atoms with E-state index in [2.05, 4.69) is 5.32 Å². The smallest absolute Gasteiger partial charge is 0.307 e.